The normalized spacial score (nSPS) is 16.3. The molecule has 1 unspecified atom stereocenters. The Hall–Kier alpha value is -4.02. The van der Waals surface area contributed by atoms with Crippen LogP contribution in [-0.4, -0.2) is 83.4 Å². The Labute approximate surface area is 248 Å². The van der Waals surface area contributed by atoms with Crippen LogP contribution < -0.4 is 16.0 Å². The van der Waals surface area contributed by atoms with Gasteiger partial charge in [0.05, 0.1) is 18.3 Å². The zero-order chi connectivity index (χ0) is 30.7. The van der Waals surface area contributed by atoms with Crippen LogP contribution in [0.3, 0.4) is 0 Å². The number of carbonyl (C=O) groups excluding carboxylic acids is 3. The SMILES string of the molecule is CCN1C(=O)C(CCNc2cccc(NC(=O)CN(C)CCc3ccccc3)n2)S/C1=C(/C#N)C(=O)NCC(C)(F)F. The zero-order valence-corrected chi connectivity index (χ0v) is 24.6. The highest BCUT2D eigenvalue weighted by molar-refractivity contribution is 8.04. The van der Waals surface area contributed by atoms with Gasteiger partial charge < -0.3 is 20.9 Å². The van der Waals surface area contributed by atoms with Crippen molar-refractivity contribution in [2.45, 2.75) is 37.9 Å². The molecule has 1 aromatic heterocycles. The lowest BCUT2D eigenvalue weighted by Gasteiger charge is -2.17. The number of anilines is 2. The molecule has 0 spiro atoms. The third kappa shape index (κ3) is 9.81. The third-order valence-corrected chi connectivity index (χ3v) is 7.61. The lowest BCUT2D eigenvalue weighted by molar-refractivity contribution is -0.127. The standard InChI is InChI=1S/C29H35F2N7O3S/c1-4-38-27(41)22(42-28(38)21(17-32)26(40)34-19-29(2,30)31)13-15-33-23-11-8-12-24(35-23)36-25(39)18-37(3)16-14-20-9-6-5-7-10-20/h5-12,22H,4,13-16,18-19H2,1-3H3,(H,34,40)(H2,33,35,36,39)/b28-21-. The molecule has 1 saturated heterocycles. The van der Waals surface area contributed by atoms with E-state index in [0.717, 1.165) is 24.7 Å². The number of likely N-dealkylation sites (N-methyl/N-ethyl adjacent to an activating group) is 1. The molecule has 10 nitrogen and oxygen atoms in total. The maximum Gasteiger partial charge on any atom is 0.264 e. The highest BCUT2D eigenvalue weighted by Gasteiger charge is 2.39. The summed E-state index contributed by atoms with van der Waals surface area (Å²) in [5.41, 5.74) is 0.832. The minimum Gasteiger partial charge on any atom is -0.370 e. The second kappa shape index (κ2) is 15.3. The number of halogens is 2. The van der Waals surface area contributed by atoms with Crippen molar-refractivity contribution in [1.29, 1.82) is 5.26 Å². The molecule has 1 aromatic carbocycles. The van der Waals surface area contributed by atoms with Crippen LogP contribution >= 0.6 is 11.8 Å². The number of carbonyl (C=O) groups is 3. The number of rotatable bonds is 14. The fourth-order valence-electron chi connectivity index (χ4n) is 4.12. The monoisotopic (exact) mass is 599 g/mol. The second-order valence-electron chi connectivity index (χ2n) is 9.88. The predicted octanol–water partition coefficient (Wildman–Crippen LogP) is 3.47. The van der Waals surface area contributed by atoms with Crippen molar-refractivity contribution in [2.75, 3.05) is 50.4 Å². The van der Waals surface area contributed by atoms with Gasteiger partial charge in [-0.05, 0) is 44.5 Å². The molecule has 0 radical (unpaired) electrons. The molecule has 0 bridgehead atoms. The Morgan fingerprint density at radius 1 is 1.17 bits per heavy atom. The molecule has 13 heteroatoms. The van der Waals surface area contributed by atoms with E-state index in [-0.39, 0.29) is 35.5 Å². The fraction of sp³-hybridized carbons (Fsp3) is 0.414. The van der Waals surface area contributed by atoms with Gasteiger partial charge in [-0.15, -0.1) is 0 Å². The Balaban J connectivity index is 1.52. The molecule has 0 saturated carbocycles. The molecule has 42 heavy (non-hydrogen) atoms. The van der Waals surface area contributed by atoms with Gasteiger partial charge in [-0.1, -0.05) is 48.2 Å². The van der Waals surface area contributed by atoms with Gasteiger partial charge in [-0.3, -0.25) is 19.3 Å². The van der Waals surface area contributed by atoms with Gasteiger partial charge in [0.25, 0.3) is 11.8 Å². The van der Waals surface area contributed by atoms with Gasteiger partial charge in [0, 0.05) is 26.6 Å². The lowest BCUT2D eigenvalue weighted by Crippen LogP contribution is -2.36. The van der Waals surface area contributed by atoms with Crippen LogP contribution in [0.15, 0.2) is 59.1 Å². The number of amides is 3. The summed E-state index contributed by atoms with van der Waals surface area (Å²) in [6.45, 7) is 2.95. The summed E-state index contributed by atoms with van der Waals surface area (Å²) >= 11 is 1.06. The maximum atomic E-state index is 13.2. The Morgan fingerprint density at radius 2 is 1.88 bits per heavy atom. The number of nitrogens with one attached hydrogen (secondary N) is 3. The first-order valence-corrected chi connectivity index (χ1v) is 14.4. The molecule has 2 aromatic rings. The number of alkyl halides is 2. The van der Waals surface area contributed by atoms with Gasteiger partial charge in [-0.25, -0.2) is 13.8 Å². The van der Waals surface area contributed by atoms with Gasteiger partial charge >= 0.3 is 0 Å². The van der Waals surface area contributed by atoms with Crippen LogP contribution in [0.1, 0.15) is 25.8 Å². The lowest BCUT2D eigenvalue weighted by atomic mass is 10.1. The minimum absolute atomic E-state index is 0.156. The Bertz CT molecular complexity index is 1330. The second-order valence-corrected chi connectivity index (χ2v) is 11.1. The number of nitrogens with zero attached hydrogens (tertiary/aromatic N) is 4. The number of pyridine rings is 1. The van der Waals surface area contributed by atoms with E-state index in [9.17, 15) is 28.4 Å². The van der Waals surface area contributed by atoms with Gasteiger partial charge in [0.15, 0.2) is 0 Å². The molecule has 1 atom stereocenters. The van der Waals surface area contributed by atoms with E-state index in [1.165, 1.54) is 10.5 Å². The predicted molar refractivity (Wildman–Crippen MR) is 159 cm³/mol. The van der Waals surface area contributed by atoms with Crippen molar-refractivity contribution >= 4 is 41.1 Å². The Morgan fingerprint density at radius 3 is 2.55 bits per heavy atom. The molecule has 224 valence electrons. The summed E-state index contributed by atoms with van der Waals surface area (Å²) in [5.74, 6) is -3.66. The number of hydrogen-bond acceptors (Lipinski definition) is 8. The first-order valence-electron chi connectivity index (χ1n) is 13.5. The average molecular weight is 600 g/mol. The summed E-state index contributed by atoms with van der Waals surface area (Å²) in [4.78, 5) is 45.6. The molecule has 1 aliphatic heterocycles. The first-order chi connectivity index (χ1) is 20.0. The number of nitriles is 1. The fourth-order valence-corrected chi connectivity index (χ4v) is 5.46. The van der Waals surface area contributed by atoms with E-state index in [2.05, 4.69) is 33.1 Å². The Kier molecular flexibility index (Phi) is 11.8. The molecular weight excluding hydrogens is 564 g/mol. The zero-order valence-electron chi connectivity index (χ0n) is 23.8. The summed E-state index contributed by atoms with van der Waals surface area (Å²) in [5, 5.41) is 17.1. The third-order valence-electron chi connectivity index (χ3n) is 6.24. The molecule has 3 N–H and O–H groups in total. The van der Waals surface area contributed by atoms with Crippen LogP contribution in [0.25, 0.3) is 0 Å². The molecule has 2 heterocycles. The summed E-state index contributed by atoms with van der Waals surface area (Å²) in [6, 6.07) is 17.0. The largest absolute Gasteiger partial charge is 0.370 e. The number of hydrogen-bond donors (Lipinski definition) is 3. The van der Waals surface area contributed by atoms with Crippen molar-refractivity contribution in [1.82, 2.24) is 20.1 Å². The highest BCUT2D eigenvalue weighted by atomic mass is 32.2. The van der Waals surface area contributed by atoms with Crippen molar-refractivity contribution < 1.29 is 23.2 Å². The molecular formula is C29H35F2N7O3S. The first kappa shape index (κ1) is 32.5. The summed E-state index contributed by atoms with van der Waals surface area (Å²) in [6.07, 6.45) is 1.18. The van der Waals surface area contributed by atoms with E-state index >= 15 is 0 Å². The smallest absolute Gasteiger partial charge is 0.264 e. The highest BCUT2D eigenvalue weighted by Crippen LogP contribution is 2.38. The van der Waals surface area contributed by atoms with E-state index in [0.29, 0.717) is 31.5 Å². The van der Waals surface area contributed by atoms with E-state index in [4.69, 9.17) is 0 Å². The quantitative estimate of drug-likeness (QED) is 0.222. The topological polar surface area (TPSA) is 130 Å². The maximum absolute atomic E-state index is 13.2. The van der Waals surface area contributed by atoms with E-state index < -0.39 is 23.6 Å². The van der Waals surface area contributed by atoms with E-state index in [1.807, 2.05) is 30.1 Å². The summed E-state index contributed by atoms with van der Waals surface area (Å²) < 4.78 is 26.3. The van der Waals surface area contributed by atoms with Gasteiger partial charge in [-0.2, -0.15) is 5.26 Å². The summed E-state index contributed by atoms with van der Waals surface area (Å²) in [7, 11) is 1.88. The van der Waals surface area contributed by atoms with Gasteiger partial charge in [0.2, 0.25) is 11.8 Å². The molecule has 3 rings (SSSR count). The van der Waals surface area contributed by atoms with Crippen molar-refractivity contribution in [3.8, 4) is 6.07 Å². The van der Waals surface area contributed by atoms with Crippen molar-refractivity contribution in [2.24, 2.45) is 0 Å². The van der Waals surface area contributed by atoms with Crippen LogP contribution in [-0.2, 0) is 20.8 Å². The van der Waals surface area contributed by atoms with Crippen molar-refractivity contribution in [3.05, 3.63) is 64.7 Å². The molecule has 3 amide bonds. The van der Waals surface area contributed by atoms with Crippen LogP contribution in [0.4, 0.5) is 20.4 Å². The molecule has 1 fully saturated rings. The van der Waals surface area contributed by atoms with Crippen LogP contribution in [0.5, 0.6) is 0 Å². The molecule has 0 aliphatic carbocycles. The number of thioether (sulfide) groups is 1. The van der Waals surface area contributed by atoms with Crippen molar-refractivity contribution in [3.63, 3.8) is 0 Å². The number of aromatic nitrogens is 1. The average Bonchev–Trinajstić information content (AvgIpc) is 3.26. The molecule has 1 aliphatic rings. The van der Waals surface area contributed by atoms with Crippen LogP contribution in [0, 0.1) is 11.3 Å². The number of benzene rings is 1. The minimum atomic E-state index is -3.13. The van der Waals surface area contributed by atoms with Gasteiger partial charge in [0.1, 0.15) is 28.3 Å². The van der Waals surface area contributed by atoms with Crippen LogP contribution in [0.2, 0.25) is 0 Å². The van der Waals surface area contributed by atoms with E-state index in [1.54, 1.807) is 31.2 Å².